The normalized spacial score (nSPS) is 12.5. The van der Waals surface area contributed by atoms with Gasteiger partial charge in [-0.15, -0.1) is 0 Å². The van der Waals surface area contributed by atoms with E-state index in [0.717, 1.165) is 67.5 Å². The number of fused-ring (bicyclic) bond motifs is 4. The Morgan fingerprint density at radius 1 is 0.373 bits per heavy atom. The van der Waals surface area contributed by atoms with E-state index >= 15 is 0 Å². The summed E-state index contributed by atoms with van der Waals surface area (Å²) < 4.78 is 0. The summed E-state index contributed by atoms with van der Waals surface area (Å²) in [5.74, 6) is 0.00253. The maximum Gasteiger partial charge on any atom is 0.258 e. The molecule has 0 bridgehead atoms. The van der Waals surface area contributed by atoms with Gasteiger partial charge in [0.05, 0.1) is 35.8 Å². The number of nitrogens with zero attached hydrogens (tertiary/aromatic N) is 3. The molecule has 2 amide bonds. The number of carbonyl (C=O) groups excluding carboxylic acids is 2. The molecule has 0 saturated carbocycles. The van der Waals surface area contributed by atoms with Crippen molar-refractivity contribution in [2.45, 2.75) is 13.1 Å². The highest BCUT2D eigenvalue weighted by Gasteiger charge is 2.28. The Morgan fingerprint density at radius 2 is 0.763 bits per heavy atom. The quantitative estimate of drug-likeness (QED) is 0.194. The number of benzene rings is 8. The van der Waals surface area contributed by atoms with E-state index in [0.29, 0.717) is 24.2 Å². The molecule has 8 aromatic carbocycles. The lowest BCUT2D eigenvalue weighted by molar-refractivity contribution is 0.0978. The SMILES string of the molecule is CN1c2ccccc2CN(C(=O)c2ccc(-c3ccccc3)cc2)c2ccccc21.O=C(c1ccc(-c2ccccc2)cc1)N1Cc2ccccc2Nc2ccccc21. The number of rotatable bonds is 4. The zero-order chi connectivity index (χ0) is 40.1. The minimum absolute atomic E-state index is 0.00411. The van der Waals surface area contributed by atoms with Crippen molar-refractivity contribution < 1.29 is 9.59 Å². The predicted octanol–water partition coefficient (Wildman–Crippen LogP) is 12.5. The summed E-state index contributed by atoms with van der Waals surface area (Å²) in [6, 6.07) is 68.6. The number of amides is 2. The molecule has 0 saturated heterocycles. The van der Waals surface area contributed by atoms with Crippen LogP contribution in [0.25, 0.3) is 22.3 Å². The highest BCUT2D eigenvalue weighted by atomic mass is 16.2. The summed E-state index contributed by atoms with van der Waals surface area (Å²) in [6.07, 6.45) is 0. The molecule has 0 spiro atoms. The predicted molar refractivity (Wildman–Crippen MR) is 242 cm³/mol. The van der Waals surface area contributed by atoms with E-state index in [2.05, 4.69) is 71.9 Å². The van der Waals surface area contributed by atoms with Gasteiger partial charge >= 0.3 is 0 Å². The average molecular weight is 767 g/mol. The van der Waals surface area contributed by atoms with Crippen LogP contribution in [-0.4, -0.2) is 18.9 Å². The van der Waals surface area contributed by atoms with E-state index in [4.69, 9.17) is 0 Å². The second kappa shape index (κ2) is 16.4. The zero-order valence-corrected chi connectivity index (χ0v) is 32.7. The van der Waals surface area contributed by atoms with Gasteiger partial charge in [-0.05, 0) is 94.0 Å². The highest BCUT2D eigenvalue weighted by Crippen LogP contribution is 2.40. The van der Waals surface area contributed by atoms with Gasteiger partial charge in [-0.3, -0.25) is 9.59 Å². The summed E-state index contributed by atoms with van der Waals surface area (Å²) in [4.78, 5) is 33.0. The standard InChI is InChI=1S/C27H22N2O.C26H20N2O/c1-28-24-12-6-5-11-23(24)19-29(26-14-8-7-13-25(26)28)27(30)22-17-15-21(16-18-22)20-9-3-2-4-10-20;29-26(21-16-14-20(15-17-21)19-8-2-1-3-9-19)28-18-22-10-4-5-11-23(22)27-24-12-6-7-13-25(24)28/h2-18H,19H2,1H3;1-17,27H,18H2. The van der Waals surface area contributed by atoms with E-state index in [1.165, 1.54) is 0 Å². The molecule has 0 aromatic heterocycles. The van der Waals surface area contributed by atoms with Gasteiger partial charge < -0.3 is 20.0 Å². The third kappa shape index (κ3) is 7.59. The van der Waals surface area contributed by atoms with Crippen molar-refractivity contribution >= 4 is 45.9 Å². The molecule has 0 aliphatic carbocycles. The fraction of sp³-hybridized carbons (Fsp3) is 0.0566. The molecule has 0 unspecified atom stereocenters. The molecule has 10 rings (SSSR count). The number of nitrogens with one attached hydrogen (secondary N) is 1. The van der Waals surface area contributed by atoms with Crippen LogP contribution in [0.2, 0.25) is 0 Å². The fourth-order valence-electron chi connectivity index (χ4n) is 7.87. The van der Waals surface area contributed by atoms with Gasteiger partial charge in [-0.2, -0.15) is 0 Å². The Kier molecular flexibility index (Phi) is 10.3. The smallest absolute Gasteiger partial charge is 0.258 e. The maximum atomic E-state index is 13.6. The van der Waals surface area contributed by atoms with Gasteiger partial charge in [-0.1, -0.05) is 146 Å². The lowest BCUT2D eigenvalue weighted by atomic mass is 10.0. The molecule has 1 N–H and O–H groups in total. The Labute approximate surface area is 345 Å². The molecule has 8 aromatic rings. The van der Waals surface area contributed by atoms with Crippen molar-refractivity contribution in [3.8, 4) is 22.3 Å². The Morgan fingerprint density at radius 3 is 1.34 bits per heavy atom. The maximum absolute atomic E-state index is 13.6. The van der Waals surface area contributed by atoms with Gasteiger partial charge in [0.1, 0.15) is 0 Å². The first-order valence-electron chi connectivity index (χ1n) is 19.8. The monoisotopic (exact) mass is 766 g/mol. The largest absolute Gasteiger partial charge is 0.354 e. The molecule has 0 atom stereocenters. The fourth-order valence-corrected chi connectivity index (χ4v) is 7.87. The molecule has 2 aliphatic heterocycles. The van der Waals surface area contributed by atoms with Gasteiger partial charge in [0.2, 0.25) is 0 Å². The van der Waals surface area contributed by atoms with Gasteiger partial charge in [0.25, 0.3) is 11.8 Å². The van der Waals surface area contributed by atoms with Crippen molar-refractivity contribution in [1.29, 1.82) is 0 Å². The first-order chi connectivity index (χ1) is 29.0. The van der Waals surface area contributed by atoms with Crippen molar-refractivity contribution in [3.63, 3.8) is 0 Å². The van der Waals surface area contributed by atoms with Crippen LogP contribution in [0.1, 0.15) is 31.8 Å². The van der Waals surface area contributed by atoms with Crippen LogP contribution in [0, 0.1) is 0 Å². The highest BCUT2D eigenvalue weighted by molar-refractivity contribution is 6.09. The first kappa shape index (κ1) is 36.9. The molecular weight excluding hydrogens is 725 g/mol. The van der Waals surface area contributed by atoms with E-state index in [9.17, 15) is 9.59 Å². The van der Waals surface area contributed by atoms with Crippen LogP contribution >= 0.6 is 0 Å². The zero-order valence-electron chi connectivity index (χ0n) is 32.7. The lowest BCUT2D eigenvalue weighted by Crippen LogP contribution is -2.30. The Balaban J connectivity index is 0.000000152. The summed E-state index contributed by atoms with van der Waals surface area (Å²) >= 11 is 0. The molecule has 286 valence electrons. The third-order valence-electron chi connectivity index (χ3n) is 11.0. The number of carbonyl (C=O) groups is 2. The van der Waals surface area contributed by atoms with Crippen LogP contribution in [-0.2, 0) is 13.1 Å². The number of hydrogen-bond donors (Lipinski definition) is 1. The summed E-state index contributed by atoms with van der Waals surface area (Å²) in [5.41, 5.74) is 14.0. The number of para-hydroxylation sites is 6. The molecule has 2 aliphatic rings. The second-order valence-corrected chi connectivity index (χ2v) is 14.6. The second-order valence-electron chi connectivity index (χ2n) is 14.6. The first-order valence-corrected chi connectivity index (χ1v) is 19.8. The topological polar surface area (TPSA) is 55.9 Å². The minimum Gasteiger partial charge on any atom is -0.354 e. The van der Waals surface area contributed by atoms with E-state index in [-0.39, 0.29) is 11.8 Å². The molecule has 2 heterocycles. The van der Waals surface area contributed by atoms with Crippen molar-refractivity contribution in [2.75, 3.05) is 27.1 Å². The molecular formula is C53H42N4O2. The van der Waals surface area contributed by atoms with Crippen LogP contribution in [0.4, 0.5) is 34.1 Å². The lowest BCUT2D eigenvalue weighted by Gasteiger charge is -2.24. The molecule has 59 heavy (non-hydrogen) atoms. The van der Waals surface area contributed by atoms with Crippen LogP contribution in [0.15, 0.2) is 206 Å². The van der Waals surface area contributed by atoms with Gasteiger partial charge in [-0.25, -0.2) is 0 Å². The average Bonchev–Trinajstić information content (AvgIpc) is 3.56. The van der Waals surface area contributed by atoms with E-state index < -0.39 is 0 Å². The van der Waals surface area contributed by atoms with E-state index in [1.807, 2.05) is 161 Å². The third-order valence-corrected chi connectivity index (χ3v) is 11.0. The summed E-state index contributed by atoms with van der Waals surface area (Å²) in [5, 5.41) is 3.48. The Hall–Kier alpha value is -7.70. The van der Waals surface area contributed by atoms with Crippen LogP contribution < -0.4 is 20.0 Å². The van der Waals surface area contributed by atoms with Crippen molar-refractivity contribution in [3.05, 3.63) is 229 Å². The molecule has 6 heteroatoms. The molecule has 6 nitrogen and oxygen atoms in total. The number of anilines is 6. The van der Waals surface area contributed by atoms with Gasteiger partial charge in [0, 0.05) is 29.5 Å². The van der Waals surface area contributed by atoms with E-state index in [1.54, 1.807) is 0 Å². The van der Waals surface area contributed by atoms with Crippen LogP contribution in [0.5, 0.6) is 0 Å². The number of hydrogen-bond acceptors (Lipinski definition) is 4. The van der Waals surface area contributed by atoms with Gasteiger partial charge in [0.15, 0.2) is 0 Å². The molecule has 0 fully saturated rings. The molecule has 0 radical (unpaired) electrons. The van der Waals surface area contributed by atoms with Crippen LogP contribution in [0.3, 0.4) is 0 Å². The summed E-state index contributed by atoms with van der Waals surface area (Å²) in [6.45, 7) is 1.07. The van der Waals surface area contributed by atoms with Crippen molar-refractivity contribution in [1.82, 2.24) is 0 Å². The minimum atomic E-state index is -0.00411. The Bertz CT molecular complexity index is 2750. The van der Waals surface area contributed by atoms with Crippen molar-refractivity contribution in [2.24, 2.45) is 0 Å². The summed E-state index contributed by atoms with van der Waals surface area (Å²) in [7, 11) is 2.06.